The maximum Gasteiger partial charge on any atom is 0.289 e. The third-order valence-electron chi connectivity index (χ3n) is 3.76. The molecule has 0 N–H and O–H groups in total. The van der Waals surface area contributed by atoms with E-state index in [1.807, 2.05) is 23.1 Å². The molecule has 0 bridgehead atoms. The number of benzene rings is 1. The molecule has 0 fully saturated rings. The molecule has 0 radical (unpaired) electrons. The Kier molecular flexibility index (Phi) is 3.85. The SMILES string of the molecule is COc1cccc2c1CCN(c1ncc([N+](=O)[O-])cc1Cl)C2. The second-order valence-corrected chi connectivity index (χ2v) is 5.43. The van der Waals surface area contributed by atoms with Crippen LogP contribution in [0.25, 0.3) is 0 Å². The minimum atomic E-state index is -0.501. The van der Waals surface area contributed by atoms with Crippen LogP contribution in [0, 0.1) is 10.1 Å². The lowest BCUT2D eigenvalue weighted by molar-refractivity contribution is -0.385. The van der Waals surface area contributed by atoms with Gasteiger partial charge in [-0.1, -0.05) is 23.7 Å². The van der Waals surface area contributed by atoms with Crippen molar-refractivity contribution in [2.75, 3.05) is 18.6 Å². The van der Waals surface area contributed by atoms with Crippen molar-refractivity contribution in [2.45, 2.75) is 13.0 Å². The molecule has 0 aliphatic carbocycles. The van der Waals surface area contributed by atoms with E-state index in [-0.39, 0.29) is 5.69 Å². The number of anilines is 1. The number of ether oxygens (including phenoxy) is 1. The van der Waals surface area contributed by atoms with Crippen molar-refractivity contribution in [1.82, 2.24) is 4.98 Å². The molecule has 0 saturated carbocycles. The highest BCUT2D eigenvalue weighted by molar-refractivity contribution is 6.33. The van der Waals surface area contributed by atoms with Crippen molar-refractivity contribution in [3.05, 3.63) is 56.7 Å². The van der Waals surface area contributed by atoms with Crippen molar-refractivity contribution >= 4 is 23.1 Å². The van der Waals surface area contributed by atoms with Gasteiger partial charge >= 0.3 is 0 Å². The van der Waals surface area contributed by atoms with E-state index in [4.69, 9.17) is 16.3 Å². The molecule has 3 rings (SSSR count). The monoisotopic (exact) mass is 319 g/mol. The zero-order valence-corrected chi connectivity index (χ0v) is 12.7. The number of fused-ring (bicyclic) bond motifs is 1. The molecule has 0 spiro atoms. The summed E-state index contributed by atoms with van der Waals surface area (Å²) in [6.45, 7) is 1.38. The van der Waals surface area contributed by atoms with Gasteiger partial charge in [-0.3, -0.25) is 10.1 Å². The zero-order chi connectivity index (χ0) is 15.7. The lowest BCUT2D eigenvalue weighted by Crippen LogP contribution is -2.31. The van der Waals surface area contributed by atoms with Gasteiger partial charge in [0.15, 0.2) is 0 Å². The van der Waals surface area contributed by atoms with Gasteiger partial charge in [0.2, 0.25) is 0 Å². The summed E-state index contributed by atoms with van der Waals surface area (Å²) >= 11 is 6.16. The summed E-state index contributed by atoms with van der Waals surface area (Å²) in [5.74, 6) is 1.46. The fourth-order valence-electron chi connectivity index (χ4n) is 2.70. The molecular weight excluding hydrogens is 306 g/mol. The van der Waals surface area contributed by atoms with Gasteiger partial charge in [-0.2, -0.15) is 0 Å². The van der Waals surface area contributed by atoms with Crippen molar-refractivity contribution in [2.24, 2.45) is 0 Å². The van der Waals surface area contributed by atoms with Crippen LogP contribution in [0.1, 0.15) is 11.1 Å². The van der Waals surface area contributed by atoms with Crippen molar-refractivity contribution < 1.29 is 9.66 Å². The van der Waals surface area contributed by atoms with E-state index in [0.717, 1.165) is 24.3 Å². The van der Waals surface area contributed by atoms with E-state index in [9.17, 15) is 10.1 Å². The highest BCUT2D eigenvalue weighted by atomic mass is 35.5. The first-order valence-electron chi connectivity index (χ1n) is 6.80. The summed E-state index contributed by atoms with van der Waals surface area (Å²) in [7, 11) is 1.66. The molecule has 1 aliphatic rings. The lowest BCUT2D eigenvalue weighted by atomic mass is 9.98. The van der Waals surface area contributed by atoms with Crippen LogP contribution in [-0.2, 0) is 13.0 Å². The number of hydrogen-bond acceptors (Lipinski definition) is 5. The van der Waals surface area contributed by atoms with Crippen LogP contribution in [0.4, 0.5) is 11.5 Å². The Morgan fingerprint density at radius 1 is 1.45 bits per heavy atom. The van der Waals surface area contributed by atoms with E-state index < -0.39 is 4.92 Å². The molecule has 1 aromatic heterocycles. The average molecular weight is 320 g/mol. The first-order chi connectivity index (χ1) is 10.6. The van der Waals surface area contributed by atoms with Crippen LogP contribution in [0.15, 0.2) is 30.5 Å². The van der Waals surface area contributed by atoms with Gasteiger partial charge in [0.05, 0.1) is 17.1 Å². The Balaban J connectivity index is 1.90. The molecule has 114 valence electrons. The maximum absolute atomic E-state index is 10.8. The second-order valence-electron chi connectivity index (χ2n) is 5.03. The fourth-order valence-corrected chi connectivity index (χ4v) is 2.98. The summed E-state index contributed by atoms with van der Waals surface area (Å²) in [4.78, 5) is 16.4. The number of nitro groups is 1. The van der Waals surface area contributed by atoms with E-state index in [2.05, 4.69) is 4.98 Å². The minimum Gasteiger partial charge on any atom is -0.496 e. The Bertz CT molecular complexity index is 736. The Hall–Kier alpha value is -2.34. The van der Waals surface area contributed by atoms with Crippen molar-refractivity contribution in [3.63, 3.8) is 0 Å². The molecule has 0 saturated heterocycles. The topological polar surface area (TPSA) is 68.5 Å². The molecule has 0 unspecified atom stereocenters. The van der Waals surface area contributed by atoms with Gasteiger partial charge in [0.25, 0.3) is 5.69 Å². The van der Waals surface area contributed by atoms with Crippen LogP contribution in [0.2, 0.25) is 5.02 Å². The minimum absolute atomic E-state index is 0.104. The molecule has 0 amide bonds. The van der Waals surface area contributed by atoms with Crippen molar-refractivity contribution in [1.29, 1.82) is 0 Å². The fraction of sp³-hybridized carbons (Fsp3) is 0.267. The van der Waals surface area contributed by atoms with Crippen LogP contribution in [0.3, 0.4) is 0 Å². The van der Waals surface area contributed by atoms with Crippen LogP contribution in [-0.4, -0.2) is 23.6 Å². The number of hydrogen-bond donors (Lipinski definition) is 0. The first-order valence-corrected chi connectivity index (χ1v) is 7.17. The third-order valence-corrected chi connectivity index (χ3v) is 4.04. The largest absolute Gasteiger partial charge is 0.496 e. The molecule has 2 heterocycles. The van der Waals surface area contributed by atoms with Gasteiger partial charge in [0, 0.05) is 24.7 Å². The third kappa shape index (κ3) is 2.57. The number of methoxy groups -OCH3 is 1. The Morgan fingerprint density at radius 3 is 2.95 bits per heavy atom. The summed E-state index contributed by atoms with van der Waals surface area (Å²) in [5.41, 5.74) is 2.24. The molecule has 1 aliphatic heterocycles. The van der Waals surface area contributed by atoms with Gasteiger partial charge in [0.1, 0.15) is 17.8 Å². The molecule has 1 aromatic carbocycles. The summed E-state index contributed by atoms with van der Waals surface area (Å²) < 4.78 is 5.38. The zero-order valence-electron chi connectivity index (χ0n) is 12.0. The van der Waals surface area contributed by atoms with E-state index >= 15 is 0 Å². The normalized spacial score (nSPS) is 13.6. The number of pyridine rings is 1. The van der Waals surface area contributed by atoms with Crippen LogP contribution in [0.5, 0.6) is 5.75 Å². The van der Waals surface area contributed by atoms with Gasteiger partial charge in [-0.15, -0.1) is 0 Å². The predicted octanol–water partition coefficient (Wildman–Crippen LogP) is 3.21. The lowest BCUT2D eigenvalue weighted by Gasteiger charge is -2.31. The molecule has 2 aromatic rings. The Labute approximate surface area is 132 Å². The van der Waals surface area contributed by atoms with E-state index in [0.29, 0.717) is 17.4 Å². The molecule has 6 nitrogen and oxygen atoms in total. The Morgan fingerprint density at radius 2 is 2.27 bits per heavy atom. The molecule has 22 heavy (non-hydrogen) atoms. The van der Waals surface area contributed by atoms with Gasteiger partial charge in [-0.05, 0) is 18.1 Å². The number of nitrogens with zero attached hydrogens (tertiary/aromatic N) is 3. The smallest absolute Gasteiger partial charge is 0.289 e. The van der Waals surface area contributed by atoms with E-state index in [1.165, 1.54) is 17.8 Å². The number of halogens is 1. The van der Waals surface area contributed by atoms with Gasteiger partial charge in [-0.25, -0.2) is 4.98 Å². The first kappa shape index (κ1) is 14.6. The van der Waals surface area contributed by atoms with Gasteiger partial charge < -0.3 is 9.64 Å². The highest BCUT2D eigenvalue weighted by Gasteiger charge is 2.23. The van der Waals surface area contributed by atoms with Crippen LogP contribution < -0.4 is 9.64 Å². The summed E-state index contributed by atoms with van der Waals surface area (Å²) in [5, 5.41) is 11.0. The number of aromatic nitrogens is 1. The van der Waals surface area contributed by atoms with Crippen molar-refractivity contribution in [3.8, 4) is 5.75 Å². The predicted molar refractivity (Wildman–Crippen MR) is 83.6 cm³/mol. The summed E-state index contributed by atoms with van der Waals surface area (Å²) in [6, 6.07) is 7.28. The number of rotatable bonds is 3. The highest BCUT2D eigenvalue weighted by Crippen LogP contribution is 2.33. The molecule has 0 atom stereocenters. The summed E-state index contributed by atoms with van der Waals surface area (Å²) in [6.07, 6.45) is 2.05. The maximum atomic E-state index is 10.8. The molecule has 7 heteroatoms. The van der Waals surface area contributed by atoms with E-state index in [1.54, 1.807) is 7.11 Å². The molecular formula is C15H14ClN3O3. The quantitative estimate of drug-likeness (QED) is 0.642. The second kappa shape index (κ2) is 5.81. The standard InChI is InChI=1S/C15H14ClN3O3/c1-22-14-4-2-3-10-9-18(6-5-12(10)14)15-13(16)7-11(8-17-15)19(20)21/h2-4,7-8H,5-6,9H2,1H3. The van der Waals surface area contributed by atoms with Crippen LogP contribution >= 0.6 is 11.6 Å². The average Bonchev–Trinajstić information content (AvgIpc) is 2.53.